The summed E-state index contributed by atoms with van der Waals surface area (Å²) < 4.78 is 0. The quantitative estimate of drug-likeness (QED) is 0.427. The van der Waals surface area contributed by atoms with E-state index in [1.54, 1.807) is 11.8 Å². The van der Waals surface area contributed by atoms with Crippen molar-refractivity contribution in [2.45, 2.75) is 24.9 Å². The van der Waals surface area contributed by atoms with E-state index < -0.39 is 0 Å². The van der Waals surface area contributed by atoms with E-state index in [4.69, 9.17) is 0 Å². The third-order valence-corrected chi connectivity index (χ3v) is 5.08. The average molecular weight is 316 g/mol. The molecule has 3 nitrogen and oxygen atoms in total. The second kappa shape index (κ2) is 6.45. The van der Waals surface area contributed by atoms with Gasteiger partial charge >= 0.3 is 0 Å². The molecule has 108 valence electrons. The third kappa shape index (κ3) is 3.04. The Morgan fingerprint density at radius 2 is 2.10 bits per heavy atom. The molecule has 0 amide bonds. The van der Waals surface area contributed by atoms with Gasteiger partial charge in [0, 0.05) is 16.7 Å². The molecule has 0 aliphatic carbocycles. The predicted octanol–water partition coefficient (Wildman–Crippen LogP) is 4.54. The monoisotopic (exact) mass is 316 g/mol. The molecule has 3 aromatic rings. The molecule has 3 rings (SSSR count). The Balaban J connectivity index is 2.02. The van der Waals surface area contributed by atoms with Gasteiger partial charge in [-0.05, 0) is 12.0 Å². The molecule has 2 heterocycles. The smallest absolute Gasteiger partial charge is 0.260 e. The van der Waals surface area contributed by atoms with Crippen molar-refractivity contribution in [3.8, 4) is 11.1 Å². The Hall–Kier alpha value is -1.59. The molecular formula is C16H16N2OS2. The van der Waals surface area contributed by atoms with Crippen LogP contribution in [-0.4, -0.2) is 15.7 Å². The highest BCUT2D eigenvalue weighted by molar-refractivity contribution is 7.99. The van der Waals surface area contributed by atoms with Crippen molar-refractivity contribution in [3.05, 3.63) is 46.1 Å². The van der Waals surface area contributed by atoms with Crippen molar-refractivity contribution >= 4 is 33.3 Å². The van der Waals surface area contributed by atoms with E-state index in [1.807, 2.05) is 35.7 Å². The highest BCUT2D eigenvalue weighted by atomic mass is 32.2. The number of benzene rings is 1. The summed E-state index contributed by atoms with van der Waals surface area (Å²) in [6.07, 6.45) is 2.28. The normalized spacial score (nSPS) is 11.1. The molecule has 1 N–H and O–H groups in total. The summed E-state index contributed by atoms with van der Waals surface area (Å²) >= 11 is 3.15. The lowest BCUT2D eigenvalue weighted by Gasteiger charge is -2.01. The van der Waals surface area contributed by atoms with Crippen molar-refractivity contribution in [1.29, 1.82) is 0 Å². The highest BCUT2D eigenvalue weighted by Crippen LogP contribution is 2.31. The lowest BCUT2D eigenvalue weighted by Crippen LogP contribution is -2.08. The van der Waals surface area contributed by atoms with E-state index in [2.05, 4.69) is 16.9 Å². The van der Waals surface area contributed by atoms with Crippen LogP contribution in [0.1, 0.15) is 19.8 Å². The molecule has 21 heavy (non-hydrogen) atoms. The summed E-state index contributed by atoms with van der Waals surface area (Å²) in [5, 5.41) is 3.44. The van der Waals surface area contributed by atoms with Gasteiger partial charge in [-0.3, -0.25) is 4.79 Å². The summed E-state index contributed by atoms with van der Waals surface area (Å²) in [7, 11) is 0. The van der Waals surface area contributed by atoms with Crippen molar-refractivity contribution in [2.24, 2.45) is 0 Å². The number of hydrogen-bond donors (Lipinski definition) is 1. The maximum absolute atomic E-state index is 12.4. The van der Waals surface area contributed by atoms with Crippen LogP contribution in [0.3, 0.4) is 0 Å². The minimum absolute atomic E-state index is 0.0425. The average Bonchev–Trinajstić information content (AvgIpc) is 2.93. The molecule has 0 saturated heterocycles. The Bertz CT molecular complexity index is 793. The molecule has 0 unspecified atom stereocenters. The first-order valence-electron chi connectivity index (χ1n) is 6.99. The molecular weight excluding hydrogens is 300 g/mol. The molecule has 2 aromatic heterocycles. The molecule has 0 aliphatic rings. The Morgan fingerprint density at radius 3 is 2.86 bits per heavy atom. The van der Waals surface area contributed by atoms with Gasteiger partial charge in [-0.2, -0.15) is 0 Å². The number of thioether (sulfide) groups is 1. The Labute approximate surface area is 131 Å². The second-order valence-corrected chi connectivity index (χ2v) is 6.71. The van der Waals surface area contributed by atoms with Gasteiger partial charge in [-0.25, -0.2) is 4.98 Å². The Morgan fingerprint density at radius 1 is 1.29 bits per heavy atom. The van der Waals surface area contributed by atoms with Crippen LogP contribution in [0.4, 0.5) is 0 Å². The maximum atomic E-state index is 12.4. The van der Waals surface area contributed by atoms with Gasteiger partial charge < -0.3 is 4.98 Å². The van der Waals surface area contributed by atoms with E-state index in [-0.39, 0.29) is 5.56 Å². The topological polar surface area (TPSA) is 45.8 Å². The number of H-pyrrole nitrogens is 1. The standard InChI is InChI=1S/C16H16N2OS2/c1-2-3-9-20-16-17-14(19)13-12(10-21-15(13)18-16)11-7-5-4-6-8-11/h4-8,10H,2-3,9H2,1H3,(H,17,18,19). The van der Waals surface area contributed by atoms with Crippen LogP contribution in [-0.2, 0) is 0 Å². The van der Waals surface area contributed by atoms with Gasteiger partial charge in [0.05, 0.1) is 5.39 Å². The van der Waals surface area contributed by atoms with Gasteiger partial charge in [-0.15, -0.1) is 11.3 Å². The zero-order valence-corrected chi connectivity index (χ0v) is 13.4. The SMILES string of the molecule is CCCCSc1nc2scc(-c3ccccc3)c2c(=O)[nH]1. The second-order valence-electron chi connectivity index (χ2n) is 4.77. The molecule has 0 atom stereocenters. The number of fused-ring (bicyclic) bond motifs is 1. The summed E-state index contributed by atoms with van der Waals surface area (Å²) in [5.41, 5.74) is 1.98. The van der Waals surface area contributed by atoms with Crippen molar-refractivity contribution in [1.82, 2.24) is 9.97 Å². The van der Waals surface area contributed by atoms with Crippen molar-refractivity contribution in [3.63, 3.8) is 0 Å². The van der Waals surface area contributed by atoms with E-state index in [0.717, 1.165) is 39.7 Å². The van der Waals surface area contributed by atoms with Crippen LogP contribution in [0.2, 0.25) is 0 Å². The summed E-state index contributed by atoms with van der Waals surface area (Å²) in [5.74, 6) is 0.988. The fraction of sp³-hybridized carbons (Fsp3) is 0.250. The molecule has 0 bridgehead atoms. The summed E-state index contributed by atoms with van der Waals surface area (Å²) in [4.78, 5) is 20.7. The number of aromatic amines is 1. The molecule has 0 spiro atoms. The molecule has 5 heteroatoms. The van der Waals surface area contributed by atoms with Gasteiger partial charge in [0.2, 0.25) is 0 Å². The zero-order chi connectivity index (χ0) is 14.7. The lowest BCUT2D eigenvalue weighted by atomic mass is 10.1. The lowest BCUT2D eigenvalue weighted by molar-refractivity contribution is 0.889. The fourth-order valence-electron chi connectivity index (χ4n) is 2.14. The number of rotatable bonds is 5. The van der Waals surface area contributed by atoms with Crippen LogP contribution in [0.15, 0.2) is 45.7 Å². The molecule has 0 radical (unpaired) electrons. The number of hydrogen-bond acceptors (Lipinski definition) is 4. The van der Waals surface area contributed by atoms with Gasteiger partial charge in [0.1, 0.15) is 4.83 Å². The summed E-state index contributed by atoms with van der Waals surface area (Å²) in [6.45, 7) is 2.16. The van der Waals surface area contributed by atoms with Crippen LogP contribution < -0.4 is 5.56 Å². The van der Waals surface area contributed by atoms with E-state index in [9.17, 15) is 4.79 Å². The van der Waals surface area contributed by atoms with Crippen molar-refractivity contribution < 1.29 is 0 Å². The number of nitrogens with one attached hydrogen (secondary N) is 1. The number of thiophene rings is 1. The molecule has 0 aliphatic heterocycles. The number of aromatic nitrogens is 2. The van der Waals surface area contributed by atoms with Gasteiger partial charge in [-0.1, -0.05) is 55.4 Å². The molecule has 0 fully saturated rings. The first-order valence-corrected chi connectivity index (χ1v) is 8.86. The highest BCUT2D eigenvalue weighted by Gasteiger charge is 2.12. The van der Waals surface area contributed by atoms with E-state index in [1.165, 1.54) is 11.3 Å². The van der Waals surface area contributed by atoms with E-state index in [0.29, 0.717) is 5.39 Å². The van der Waals surface area contributed by atoms with Gasteiger partial charge in [0.25, 0.3) is 5.56 Å². The van der Waals surface area contributed by atoms with Crippen LogP contribution in [0.25, 0.3) is 21.3 Å². The summed E-state index contributed by atoms with van der Waals surface area (Å²) in [6, 6.07) is 9.98. The number of nitrogens with zero attached hydrogens (tertiary/aromatic N) is 1. The third-order valence-electron chi connectivity index (χ3n) is 3.24. The van der Waals surface area contributed by atoms with E-state index >= 15 is 0 Å². The minimum Gasteiger partial charge on any atom is -0.301 e. The largest absolute Gasteiger partial charge is 0.301 e. The van der Waals surface area contributed by atoms with Crippen LogP contribution in [0, 0.1) is 0 Å². The van der Waals surface area contributed by atoms with Crippen LogP contribution in [0.5, 0.6) is 0 Å². The van der Waals surface area contributed by atoms with Crippen molar-refractivity contribution in [2.75, 3.05) is 5.75 Å². The molecule has 0 saturated carbocycles. The Kier molecular flexibility index (Phi) is 4.41. The van der Waals surface area contributed by atoms with Gasteiger partial charge in [0.15, 0.2) is 5.16 Å². The first-order chi connectivity index (χ1) is 10.3. The number of unbranched alkanes of at least 4 members (excludes halogenated alkanes) is 1. The fourth-order valence-corrected chi connectivity index (χ4v) is 4.09. The van der Waals surface area contributed by atoms with Crippen LogP contribution >= 0.6 is 23.1 Å². The minimum atomic E-state index is -0.0425. The maximum Gasteiger partial charge on any atom is 0.260 e. The zero-order valence-electron chi connectivity index (χ0n) is 11.8. The molecule has 1 aromatic carbocycles. The first kappa shape index (κ1) is 14.4. The predicted molar refractivity (Wildman–Crippen MR) is 91.3 cm³/mol.